The number of fused-ring (bicyclic) bond motifs is 1. The van der Waals surface area contributed by atoms with Gasteiger partial charge in [0.1, 0.15) is 18.4 Å². The van der Waals surface area contributed by atoms with Crippen molar-refractivity contribution >= 4 is 23.7 Å². The predicted molar refractivity (Wildman–Crippen MR) is 121 cm³/mol. The van der Waals surface area contributed by atoms with Crippen molar-refractivity contribution in [2.75, 3.05) is 13.2 Å². The van der Waals surface area contributed by atoms with Gasteiger partial charge < -0.3 is 19.4 Å². The zero-order valence-electron chi connectivity index (χ0n) is 18.9. The fourth-order valence-electron chi connectivity index (χ4n) is 3.97. The average Bonchev–Trinajstić information content (AvgIpc) is 2.86. The second-order valence-electron chi connectivity index (χ2n) is 7.93. The van der Waals surface area contributed by atoms with Crippen molar-refractivity contribution in [3.05, 3.63) is 99.1 Å². The molecule has 1 atom stereocenters. The van der Waals surface area contributed by atoms with E-state index in [0.29, 0.717) is 0 Å². The number of halogens is 5. The fraction of sp³-hybridized carbons (Fsp3) is 0.200. The van der Waals surface area contributed by atoms with Crippen LogP contribution in [0.4, 0.5) is 22.4 Å². The lowest BCUT2D eigenvalue weighted by Gasteiger charge is -2.36. The van der Waals surface area contributed by atoms with E-state index in [0.717, 1.165) is 17.2 Å². The van der Waals surface area contributed by atoms with Crippen LogP contribution in [-0.4, -0.2) is 35.4 Å². The lowest BCUT2D eigenvalue weighted by molar-refractivity contribution is -0.153. The summed E-state index contributed by atoms with van der Waals surface area (Å²) in [6.45, 7) is -1.48. The number of benzene rings is 3. The Bertz CT molecular complexity index is 1350. The molecule has 0 aliphatic carbocycles. The third kappa shape index (κ3) is 5.78. The van der Waals surface area contributed by atoms with Gasteiger partial charge in [-0.3, -0.25) is 0 Å². The minimum Gasteiger partial charge on any atom is -0.482 e. The van der Waals surface area contributed by atoms with Crippen molar-refractivity contribution in [2.24, 2.45) is 0 Å². The highest BCUT2D eigenvalue weighted by Gasteiger charge is 2.36. The van der Waals surface area contributed by atoms with Crippen LogP contribution < -0.4 is 4.74 Å². The Morgan fingerprint density at radius 2 is 1.76 bits per heavy atom. The van der Waals surface area contributed by atoms with Gasteiger partial charge in [-0.2, -0.15) is 0 Å². The van der Waals surface area contributed by atoms with Crippen molar-refractivity contribution in [3.8, 4) is 5.75 Å². The SMILES string of the molecule is O=C(O)COc1ccc(Cl)cc1[C@@H]1c2ccc(F)c(F)c2CCN1OC(=O)OCc1cccc(F)c1F. The number of carboxylic acid groups (broad SMARTS) is 1. The van der Waals surface area contributed by atoms with E-state index in [1.165, 1.54) is 36.4 Å². The molecule has 12 heteroatoms. The molecule has 1 aliphatic heterocycles. The lowest BCUT2D eigenvalue weighted by Crippen LogP contribution is -2.38. The summed E-state index contributed by atoms with van der Waals surface area (Å²) in [4.78, 5) is 28.9. The number of carbonyl (C=O) groups is 2. The Morgan fingerprint density at radius 1 is 1.00 bits per heavy atom. The first-order valence-electron chi connectivity index (χ1n) is 10.8. The lowest BCUT2D eigenvalue weighted by atomic mass is 9.88. The van der Waals surface area contributed by atoms with Crippen LogP contribution in [-0.2, 0) is 27.4 Å². The van der Waals surface area contributed by atoms with E-state index in [4.69, 9.17) is 31.0 Å². The van der Waals surface area contributed by atoms with Crippen molar-refractivity contribution in [3.63, 3.8) is 0 Å². The molecule has 0 saturated carbocycles. The number of hydrogen-bond acceptors (Lipinski definition) is 6. The Labute approximate surface area is 212 Å². The number of ether oxygens (including phenoxy) is 2. The van der Waals surface area contributed by atoms with Gasteiger partial charge >= 0.3 is 12.1 Å². The largest absolute Gasteiger partial charge is 0.528 e. The van der Waals surface area contributed by atoms with E-state index in [2.05, 4.69) is 0 Å². The van der Waals surface area contributed by atoms with Crippen LogP contribution >= 0.6 is 11.6 Å². The molecule has 7 nitrogen and oxygen atoms in total. The van der Waals surface area contributed by atoms with Crippen LogP contribution in [0, 0.1) is 23.3 Å². The van der Waals surface area contributed by atoms with Gasteiger partial charge in [0, 0.05) is 22.7 Å². The normalized spacial score (nSPS) is 15.1. The molecule has 0 saturated heterocycles. The monoisotopic (exact) mass is 539 g/mol. The molecule has 1 heterocycles. The highest BCUT2D eigenvalue weighted by atomic mass is 35.5. The summed E-state index contributed by atoms with van der Waals surface area (Å²) in [5, 5.41) is 10.3. The zero-order valence-corrected chi connectivity index (χ0v) is 19.6. The third-order valence-corrected chi connectivity index (χ3v) is 5.82. The van der Waals surface area contributed by atoms with Gasteiger partial charge in [0.25, 0.3) is 0 Å². The molecule has 0 aromatic heterocycles. The van der Waals surface area contributed by atoms with E-state index in [1.54, 1.807) is 0 Å². The van der Waals surface area contributed by atoms with Gasteiger partial charge in [0.2, 0.25) is 0 Å². The number of rotatable bonds is 7. The molecule has 0 spiro atoms. The van der Waals surface area contributed by atoms with E-state index in [9.17, 15) is 27.2 Å². The Kier molecular flexibility index (Phi) is 7.84. The van der Waals surface area contributed by atoms with Crippen LogP contribution in [0.3, 0.4) is 0 Å². The van der Waals surface area contributed by atoms with Crippen LogP contribution in [0.5, 0.6) is 5.75 Å². The van der Waals surface area contributed by atoms with Crippen LogP contribution in [0.15, 0.2) is 48.5 Å². The molecular formula is C25H18ClF4NO6. The number of carbonyl (C=O) groups excluding carboxylic acids is 1. The van der Waals surface area contributed by atoms with Gasteiger partial charge in [-0.15, -0.1) is 5.06 Å². The Balaban J connectivity index is 1.66. The van der Waals surface area contributed by atoms with Gasteiger partial charge in [0.05, 0.1) is 0 Å². The molecule has 0 unspecified atom stereocenters. The maximum atomic E-state index is 14.6. The summed E-state index contributed by atoms with van der Waals surface area (Å²) in [7, 11) is 0. The fourth-order valence-corrected chi connectivity index (χ4v) is 4.15. The van der Waals surface area contributed by atoms with Crippen molar-refractivity contribution < 1.29 is 46.6 Å². The average molecular weight is 540 g/mol. The van der Waals surface area contributed by atoms with Crippen LogP contribution in [0.2, 0.25) is 5.02 Å². The molecule has 1 N–H and O–H groups in total. The summed E-state index contributed by atoms with van der Waals surface area (Å²) in [5.74, 6) is -5.68. The summed E-state index contributed by atoms with van der Waals surface area (Å²) < 4.78 is 66.2. The highest BCUT2D eigenvalue weighted by molar-refractivity contribution is 6.30. The molecule has 4 rings (SSSR count). The standard InChI is InChI=1S/C25H18ClF4NO6/c26-14-4-7-20(35-12-21(32)33)17(10-14)24-16-5-6-19(28)23(30)15(16)8-9-31(24)37-25(34)36-11-13-2-1-3-18(27)22(13)29/h1-7,10,24H,8-9,11-12H2,(H,32,33)/t24-/m0/s1. The zero-order chi connectivity index (χ0) is 26.7. The summed E-state index contributed by atoms with van der Waals surface area (Å²) in [6, 6.07) is 8.68. The molecule has 3 aromatic rings. The number of nitrogens with zero attached hydrogens (tertiary/aromatic N) is 1. The van der Waals surface area contributed by atoms with Crippen molar-refractivity contribution in [1.82, 2.24) is 5.06 Å². The van der Waals surface area contributed by atoms with Crippen molar-refractivity contribution in [1.29, 1.82) is 0 Å². The smallest absolute Gasteiger partial charge is 0.482 e. The van der Waals surface area contributed by atoms with Gasteiger partial charge in [-0.1, -0.05) is 29.8 Å². The predicted octanol–water partition coefficient (Wildman–Crippen LogP) is 5.58. The van der Waals surface area contributed by atoms with Crippen LogP contribution in [0.25, 0.3) is 0 Å². The number of hydroxylamine groups is 2. The summed E-state index contributed by atoms with van der Waals surface area (Å²) in [5.41, 5.74) is 0.194. The molecule has 194 valence electrons. The van der Waals surface area contributed by atoms with E-state index >= 15 is 0 Å². The topological polar surface area (TPSA) is 85.3 Å². The molecule has 0 fully saturated rings. The summed E-state index contributed by atoms with van der Waals surface area (Å²) >= 11 is 6.16. The number of hydrogen-bond donors (Lipinski definition) is 1. The summed E-state index contributed by atoms with van der Waals surface area (Å²) in [6.07, 6.45) is -1.35. The molecule has 1 aliphatic rings. The van der Waals surface area contributed by atoms with E-state index in [1.807, 2.05) is 0 Å². The van der Waals surface area contributed by atoms with E-state index < -0.39 is 54.6 Å². The van der Waals surface area contributed by atoms with Gasteiger partial charge in [-0.25, -0.2) is 27.2 Å². The molecule has 3 aromatic carbocycles. The Morgan fingerprint density at radius 3 is 2.51 bits per heavy atom. The first-order chi connectivity index (χ1) is 17.7. The van der Waals surface area contributed by atoms with E-state index in [-0.39, 0.29) is 46.0 Å². The van der Waals surface area contributed by atoms with Gasteiger partial charge in [0.15, 0.2) is 29.9 Å². The van der Waals surface area contributed by atoms with Crippen molar-refractivity contribution in [2.45, 2.75) is 19.1 Å². The van der Waals surface area contributed by atoms with Crippen LogP contribution in [0.1, 0.15) is 28.3 Å². The Hall–Kier alpha value is -3.83. The van der Waals surface area contributed by atoms with Gasteiger partial charge in [-0.05, 0) is 47.9 Å². The molecule has 0 amide bonds. The molecular weight excluding hydrogens is 522 g/mol. The minimum atomic E-state index is -1.28. The molecule has 0 bridgehead atoms. The maximum Gasteiger partial charge on any atom is 0.528 e. The second kappa shape index (κ2) is 11.1. The third-order valence-electron chi connectivity index (χ3n) is 5.58. The number of aliphatic carboxylic acids is 1. The second-order valence-corrected chi connectivity index (χ2v) is 8.37. The first kappa shape index (κ1) is 26.2. The minimum absolute atomic E-state index is 0.0178. The molecule has 37 heavy (non-hydrogen) atoms. The quantitative estimate of drug-likeness (QED) is 0.310. The first-order valence-corrected chi connectivity index (χ1v) is 11.2. The maximum absolute atomic E-state index is 14.6. The number of carboxylic acids is 1. The highest BCUT2D eigenvalue weighted by Crippen LogP contribution is 2.41. The molecule has 0 radical (unpaired) electrons.